The van der Waals surface area contributed by atoms with Crippen LogP contribution in [0.5, 0.6) is 0 Å². The summed E-state index contributed by atoms with van der Waals surface area (Å²) in [6.07, 6.45) is 6.40. The van der Waals surface area contributed by atoms with Gasteiger partial charge in [-0.2, -0.15) is 4.98 Å². The lowest BCUT2D eigenvalue weighted by Crippen LogP contribution is -2.58. The molecule has 0 radical (unpaired) electrons. The van der Waals surface area contributed by atoms with E-state index in [0.29, 0.717) is 17.7 Å². The first kappa shape index (κ1) is 19.3. The minimum Gasteiger partial charge on any atom is -0.469 e. The van der Waals surface area contributed by atoms with Crippen molar-refractivity contribution in [3.63, 3.8) is 0 Å². The third-order valence-electron chi connectivity index (χ3n) is 7.50. The molecule has 4 fully saturated rings. The fraction of sp³-hybridized carbons (Fsp3) is 0.565. The molecule has 1 aromatic heterocycles. The predicted molar refractivity (Wildman–Crippen MR) is 111 cm³/mol. The normalized spacial score (nSPS) is 31.5. The maximum atomic E-state index is 13.5. The molecule has 2 unspecified atom stereocenters. The Bertz CT molecular complexity index is 967. The maximum absolute atomic E-state index is 13.5. The van der Waals surface area contributed by atoms with Crippen LogP contribution in [0.15, 0.2) is 24.3 Å². The van der Waals surface area contributed by atoms with Crippen LogP contribution in [0.4, 0.5) is 5.95 Å². The van der Waals surface area contributed by atoms with Crippen LogP contribution in [0.25, 0.3) is 0 Å². The average molecular weight is 409 g/mol. The van der Waals surface area contributed by atoms with Crippen molar-refractivity contribution in [2.24, 2.45) is 17.3 Å². The van der Waals surface area contributed by atoms with Crippen molar-refractivity contribution in [3.8, 4) is 0 Å². The zero-order valence-corrected chi connectivity index (χ0v) is 17.5. The number of nitrogens with one attached hydrogen (secondary N) is 2. The van der Waals surface area contributed by atoms with Crippen molar-refractivity contribution in [2.45, 2.75) is 57.3 Å². The second kappa shape index (κ2) is 6.93. The molecule has 0 saturated heterocycles. The Hall–Kier alpha value is -2.70. The van der Waals surface area contributed by atoms with E-state index in [9.17, 15) is 9.59 Å². The van der Waals surface area contributed by atoms with Crippen LogP contribution in [-0.2, 0) is 26.2 Å². The zero-order chi connectivity index (χ0) is 20.9. The highest BCUT2D eigenvalue weighted by Gasteiger charge is 2.61. The van der Waals surface area contributed by atoms with E-state index in [2.05, 4.69) is 56.4 Å². The molecule has 4 bridgehead atoms. The lowest BCUT2D eigenvalue weighted by atomic mass is 9.42. The van der Waals surface area contributed by atoms with Crippen molar-refractivity contribution >= 4 is 17.8 Å². The molecule has 30 heavy (non-hydrogen) atoms. The van der Waals surface area contributed by atoms with Gasteiger partial charge in [0.1, 0.15) is 12.2 Å². The smallest absolute Gasteiger partial charge is 0.313 e. The lowest BCUT2D eigenvalue weighted by molar-refractivity contribution is -0.143. The van der Waals surface area contributed by atoms with Crippen molar-refractivity contribution in [3.05, 3.63) is 41.2 Å². The fourth-order valence-electron chi connectivity index (χ4n) is 6.65. The number of methoxy groups -OCH3 is 1. The molecule has 2 atom stereocenters. The number of esters is 1. The van der Waals surface area contributed by atoms with Crippen molar-refractivity contribution < 1.29 is 14.3 Å². The number of aromatic amines is 1. The summed E-state index contributed by atoms with van der Waals surface area (Å²) in [4.78, 5) is 29.2. The predicted octanol–water partition coefficient (Wildman–Crippen LogP) is 3.31. The van der Waals surface area contributed by atoms with Gasteiger partial charge in [-0.05, 0) is 68.3 Å². The first-order valence-corrected chi connectivity index (χ1v) is 10.8. The summed E-state index contributed by atoms with van der Waals surface area (Å²) in [5.74, 6) is 1.44. The molecule has 4 aliphatic rings. The number of carbonyl (C=O) groups is 2. The van der Waals surface area contributed by atoms with Gasteiger partial charge in [-0.3, -0.25) is 20.0 Å². The quantitative estimate of drug-likeness (QED) is 0.740. The number of amides is 1. The number of hydrogen-bond acceptors (Lipinski definition) is 5. The molecule has 0 aliphatic heterocycles. The van der Waals surface area contributed by atoms with Crippen LogP contribution in [0, 0.1) is 24.2 Å². The van der Waals surface area contributed by atoms with E-state index in [1.807, 2.05) is 0 Å². The zero-order valence-electron chi connectivity index (χ0n) is 17.5. The number of H-pyrrole nitrogens is 1. The highest BCUT2D eigenvalue weighted by atomic mass is 16.5. The minimum absolute atomic E-state index is 0.00516. The number of benzene rings is 1. The van der Waals surface area contributed by atoms with Crippen LogP contribution in [0.3, 0.4) is 0 Å². The van der Waals surface area contributed by atoms with Gasteiger partial charge in [0.2, 0.25) is 11.9 Å². The number of carbonyl (C=O) groups excluding carboxylic acids is 2. The first-order chi connectivity index (χ1) is 14.4. The monoisotopic (exact) mass is 408 g/mol. The van der Waals surface area contributed by atoms with E-state index in [4.69, 9.17) is 0 Å². The van der Waals surface area contributed by atoms with Gasteiger partial charge in [-0.15, -0.1) is 5.10 Å². The second-order valence-corrected chi connectivity index (χ2v) is 9.70. The van der Waals surface area contributed by atoms with E-state index in [0.717, 1.165) is 19.3 Å². The van der Waals surface area contributed by atoms with E-state index in [-0.39, 0.29) is 29.1 Å². The molecule has 1 aromatic carbocycles. The molecule has 158 valence electrons. The van der Waals surface area contributed by atoms with Gasteiger partial charge in [-0.25, -0.2) is 0 Å². The number of ether oxygens (including phenoxy) is 1. The summed E-state index contributed by atoms with van der Waals surface area (Å²) in [5.41, 5.74) is 2.39. The summed E-state index contributed by atoms with van der Waals surface area (Å²) < 4.78 is 4.66. The summed E-state index contributed by atoms with van der Waals surface area (Å²) in [6.45, 7) is 2.11. The highest BCUT2D eigenvalue weighted by molar-refractivity contribution is 5.94. The molecule has 7 nitrogen and oxygen atoms in total. The molecule has 4 aliphatic carbocycles. The van der Waals surface area contributed by atoms with E-state index in [1.54, 1.807) is 0 Å². The standard InChI is InChI=1S/C23H28N4O3/c1-14-3-5-17(6-4-14)22-9-15-7-16(10-22)12-23(11-15,13-22)20(29)25-21-24-18(26-27-21)8-19(28)30-2/h3-6,15-16H,7-13H2,1-2H3,(H2,24,25,26,27,29). The lowest BCUT2D eigenvalue weighted by Gasteiger charge is -2.61. The molecule has 7 heteroatoms. The Balaban J connectivity index is 1.38. The van der Waals surface area contributed by atoms with Gasteiger partial charge in [0.25, 0.3) is 0 Å². The number of anilines is 1. The van der Waals surface area contributed by atoms with E-state index in [1.165, 1.54) is 37.5 Å². The Morgan fingerprint density at radius 2 is 1.87 bits per heavy atom. The molecule has 2 N–H and O–H groups in total. The fourth-order valence-corrected chi connectivity index (χ4v) is 6.65. The Morgan fingerprint density at radius 3 is 2.53 bits per heavy atom. The molecule has 1 amide bonds. The SMILES string of the molecule is COC(=O)Cc1nc(NC(=O)C23CC4CC(C2)CC(c2ccc(C)cc2)(C4)C3)n[nH]1. The highest BCUT2D eigenvalue weighted by Crippen LogP contribution is 2.65. The average Bonchev–Trinajstić information content (AvgIpc) is 3.14. The van der Waals surface area contributed by atoms with Gasteiger partial charge in [0.05, 0.1) is 12.5 Å². The minimum atomic E-state index is -0.398. The van der Waals surface area contributed by atoms with Crippen molar-refractivity contribution in [2.75, 3.05) is 12.4 Å². The number of aryl methyl sites for hydroxylation is 1. The summed E-state index contributed by atoms with van der Waals surface area (Å²) in [7, 11) is 1.33. The Morgan fingerprint density at radius 1 is 1.17 bits per heavy atom. The van der Waals surface area contributed by atoms with Gasteiger partial charge in [-0.1, -0.05) is 29.8 Å². The number of nitrogens with zero attached hydrogens (tertiary/aromatic N) is 2. The largest absolute Gasteiger partial charge is 0.469 e. The van der Waals surface area contributed by atoms with Crippen molar-refractivity contribution in [1.29, 1.82) is 0 Å². The topological polar surface area (TPSA) is 97.0 Å². The number of hydrogen-bond donors (Lipinski definition) is 2. The second-order valence-electron chi connectivity index (χ2n) is 9.70. The van der Waals surface area contributed by atoms with Crippen LogP contribution in [0.1, 0.15) is 55.5 Å². The van der Waals surface area contributed by atoms with E-state index >= 15 is 0 Å². The maximum Gasteiger partial charge on any atom is 0.313 e. The third kappa shape index (κ3) is 3.20. The molecule has 6 rings (SSSR count). The summed E-state index contributed by atoms with van der Waals surface area (Å²) >= 11 is 0. The molecular formula is C23H28N4O3. The summed E-state index contributed by atoms with van der Waals surface area (Å²) in [5, 5.41) is 9.74. The van der Waals surface area contributed by atoms with Crippen LogP contribution < -0.4 is 5.32 Å². The van der Waals surface area contributed by atoms with Crippen LogP contribution >= 0.6 is 0 Å². The summed E-state index contributed by atoms with van der Waals surface area (Å²) in [6, 6.07) is 8.92. The van der Waals surface area contributed by atoms with Crippen LogP contribution in [0.2, 0.25) is 0 Å². The van der Waals surface area contributed by atoms with Crippen molar-refractivity contribution in [1.82, 2.24) is 15.2 Å². The Kier molecular flexibility index (Phi) is 4.45. The van der Waals surface area contributed by atoms with Gasteiger partial charge >= 0.3 is 5.97 Å². The number of rotatable bonds is 5. The van der Waals surface area contributed by atoms with Gasteiger partial charge in [0, 0.05) is 0 Å². The molecule has 4 saturated carbocycles. The first-order valence-electron chi connectivity index (χ1n) is 10.8. The number of aromatic nitrogens is 3. The molecule has 1 heterocycles. The van der Waals surface area contributed by atoms with Gasteiger partial charge in [0.15, 0.2) is 0 Å². The Labute approximate surface area is 176 Å². The van der Waals surface area contributed by atoms with E-state index < -0.39 is 5.97 Å². The molecule has 2 aromatic rings. The molecule has 0 spiro atoms. The van der Waals surface area contributed by atoms with Crippen LogP contribution in [-0.4, -0.2) is 34.2 Å². The third-order valence-corrected chi connectivity index (χ3v) is 7.50. The molecular weight excluding hydrogens is 380 g/mol. The van der Waals surface area contributed by atoms with Gasteiger partial charge < -0.3 is 4.74 Å².